The first-order chi connectivity index (χ1) is 10.2. The van der Waals surface area contributed by atoms with E-state index in [4.69, 9.17) is 5.73 Å². The van der Waals surface area contributed by atoms with Crippen molar-refractivity contribution in [3.8, 4) is 11.9 Å². The van der Waals surface area contributed by atoms with Gasteiger partial charge in [0.1, 0.15) is 17.5 Å². The molecule has 2 aromatic rings. The molecule has 1 fully saturated rings. The first-order valence-corrected chi connectivity index (χ1v) is 6.88. The maximum absolute atomic E-state index is 9.40. The summed E-state index contributed by atoms with van der Waals surface area (Å²) >= 11 is 0. The molecule has 7 heteroatoms. The van der Waals surface area contributed by atoms with Gasteiger partial charge in [-0.2, -0.15) is 9.94 Å². The molecule has 3 N–H and O–H groups in total. The number of nitrogens with zero attached hydrogens (tertiary/aromatic N) is 5. The predicted molar refractivity (Wildman–Crippen MR) is 80.3 cm³/mol. The molecule has 3 rings (SSSR count). The molecule has 108 valence electrons. The van der Waals surface area contributed by atoms with Crippen LogP contribution in [0.4, 0.5) is 11.6 Å². The van der Waals surface area contributed by atoms with Crippen LogP contribution in [0.3, 0.4) is 0 Å². The third kappa shape index (κ3) is 2.41. The second-order valence-corrected chi connectivity index (χ2v) is 5.04. The standard InChI is InChI=1S/C14H17N7/c1-10-2-3-18-12(8-10)21-13(16)11(9-15)14(19-21)20-6-4-17-5-7-20/h2-3,8,17H,4-7,16H2,1H3. The lowest BCUT2D eigenvalue weighted by atomic mass is 10.2. The van der Waals surface area contributed by atoms with Gasteiger partial charge in [0, 0.05) is 32.4 Å². The fraction of sp³-hybridized carbons (Fsp3) is 0.357. The zero-order chi connectivity index (χ0) is 14.8. The molecule has 0 atom stereocenters. The van der Waals surface area contributed by atoms with E-state index < -0.39 is 0 Å². The molecule has 0 aromatic carbocycles. The monoisotopic (exact) mass is 283 g/mol. The summed E-state index contributed by atoms with van der Waals surface area (Å²) in [6.45, 7) is 5.35. The summed E-state index contributed by atoms with van der Waals surface area (Å²) in [6, 6.07) is 5.97. The number of nitrogens with one attached hydrogen (secondary N) is 1. The van der Waals surface area contributed by atoms with Crippen LogP contribution in [-0.4, -0.2) is 40.9 Å². The Morgan fingerprint density at radius 3 is 2.81 bits per heavy atom. The average Bonchev–Trinajstić information content (AvgIpc) is 2.85. The van der Waals surface area contributed by atoms with Crippen LogP contribution in [-0.2, 0) is 0 Å². The topological polar surface area (TPSA) is 95.8 Å². The van der Waals surface area contributed by atoms with E-state index >= 15 is 0 Å². The van der Waals surface area contributed by atoms with E-state index in [2.05, 4.69) is 26.4 Å². The van der Waals surface area contributed by atoms with Crippen LogP contribution < -0.4 is 16.0 Å². The van der Waals surface area contributed by atoms with Gasteiger partial charge in [0.2, 0.25) is 0 Å². The van der Waals surface area contributed by atoms with Crippen LogP contribution >= 0.6 is 0 Å². The smallest absolute Gasteiger partial charge is 0.171 e. The van der Waals surface area contributed by atoms with Gasteiger partial charge in [0.25, 0.3) is 0 Å². The summed E-state index contributed by atoms with van der Waals surface area (Å²) in [5.41, 5.74) is 7.58. The molecule has 0 bridgehead atoms. The number of nitrogens with two attached hydrogens (primary N) is 1. The van der Waals surface area contributed by atoms with E-state index in [-0.39, 0.29) is 0 Å². The highest BCUT2D eigenvalue weighted by Gasteiger charge is 2.23. The average molecular weight is 283 g/mol. The Hall–Kier alpha value is -2.59. The molecule has 0 spiro atoms. The predicted octanol–water partition coefficient (Wildman–Crippen LogP) is 0.439. The highest BCUT2D eigenvalue weighted by atomic mass is 15.4. The van der Waals surface area contributed by atoms with Gasteiger partial charge in [-0.15, -0.1) is 5.10 Å². The van der Waals surface area contributed by atoms with Gasteiger partial charge in [-0.3, -0.25) is 0 Å². The minimum atomic E-state index is 0.337. The second-order valence-electron chi connectivity index (χ2n) is 5.04. The molecule has 3 heterocycles. The number of hydrogen-bond donors (Lipinski definition) is 2. The van der Waals surface area contributed by atoms with E-state index in [0.29, 0.717) is 23.0 Å². The Morgan fingerprint density at radius 2 is 2.14 bits per heavy atom. The normalized spacial score (nSPS) is 15.0. The number of nitrogen functional groups attached to an aromatic ring is 1. The van der Waals surface area contributed by atoms with Crippen molar-refractivity contribution < 1.29 is 0 Å². The molecule has 0 amide bonds. The molecule has 0 saturated carbocycles. The molecule has 0 radical (unpaired) electrons. The summed E-state index contributed by atoms with van der Waals surface area (Å²) in [5, 5.41) is 17.2. The Morgan fingerprint density at radius 1 is 1.38 bits per heavy atom. The first-order valence-electron chi connectivity index (χ1n) is 6.88. The van der Waals surface area contributed by atoms with Crippen molar-refractivity contribution in [1.82, 2.24) is 20.1 Å². The number of hydrogen-bond acceptors (Lipinski definition) is 6. The van der Waals surface area contributed by atoms with Gasteiger partial charge in [0.15, 0.2) is 11.6 Å². The van der Waals surface area contributed by atoms with Crippen molar-refractivity contribution in [2.75, 3.05) is 36.8 Å². The minimum Gasteiger partial charge on any atom is -0.382 e. The minimum absolute atomic E-state index is 0.337. The largest absolute Gasteiger partial charge is 0.382 e. The molecule has 1 saturated heterocycles. The van der Waals surface area contributed by atoms with Crippen LogP contribution in [0.15, 0.2) is 18.3 Å². The van der Waals surface area contributed by atoms with Crippen LogP contribution in [0.2, 0.25) is 0 Å². The van der Waals surface area contributed by atoms with Gasteiger partial charge in [-0.25, -0.2) is 4.98 Å². The van der Waals surface area contributed by atoms with Crippen LogP contribution in [0.25, 0.3) is 5.82 Å². The number of piperazine rings is 1. The summed E-state index contributed by atoms with van der Waals surface area (Å²) < 4.78 is 1.54. The molecule has 0 unspecified atom stereocenters. The first kappa shape index (κ1) is 13.4. The van der Waals surface area contributed by atoms with Crippen LogP contribution in [0.1, 0.15) is 11.1 Å². The summed E-state index contributed by atoms with van der Waals surface area (Å²) in [5.74, 6) is 1.61. The quantitative estimate of drug-likeness (QED) is 0.830. The van der Waals surface area contributed by atoms with Gasteiger partial charge in [-0.1, -0.05) is 0 Å². The molecular formula is C14H17N7. The summed E-state index contributed by atoms with van der Waals surface area (Å²) in [7, 11) is 0. The summed E-state index contributed by atoms with van der Waals surface area (Å²) in [6.07, 6.45) is 1.71. The van der Waals surface area contributed by atoms with E-state index in [1.807, 2.05) is 19.1 Å². The third-order valence-electron chi connectivity index (χ3n) is 3.55. The third-order valence-corrected chi connectivity index (χ3v) is 3.55. The van der Waals surface area contributed by atoms with E-state index in [1.165, 1.54) is 0 Å². The zero-order valence-electron chi connectivity index (χ0n) is 11.9. The maximum Gasteiger partial charge on any atom is 0.171 e. The van der Waals surface area contributed by atoms with Gasteiger partial charge < -0.3 is 16.0 Å². The fourth-order valence-corrected chi connectivity index (χ4v) is 2.43. The lowest BCUT2D eigenvalue weighted by Gasteiger charge is -2.27. The number of pyridine rings is 1. The van der Waals surface area contributed by atoms with Crippen molar-refractivity contribution in [3.63, 3.8) is 0 Å². The number of rotatable bonds is 2. The lowest BCUT2D eigenvalue weighted by Crippen LogP contribution is -2.44. The lowest BCUT2D eigenvalue weighted by molar-refractivity contribution is 0.582. The molecule has 7 nitrogen and oxygen atoms in total. The Bertz CT molecular complexity index is 692. The van der Waals surface area contributed by atoms with Crippen molar-refractivity contribution in [3.05, 3.63) is 29.5 Å². The number of anilines is 2. The van der Waals surface area contributed by atoms with Crippen molar-refractivity contribution in [1.29, 1.82) is 5.26 Å². The molecule has 1 aliphatic heterocycles. The van der Waals surface area contributed by atoms with Gasteiger partial charge >= 0.3 is 0 Å². The van der Waals surface area contributed by atoms with Crippen molar-refractivity contribution in [2.24, 2.45) is 0 Å². The van der Waals surface area contributed by atoms with Gasteiger partial charge in [0.05, 0.1) is 0 Å². The Balaban J connectivity index is 2.07. The molecule has 0 aliphatic carbocycles. The SMILES string of the molecule is Cc1ccnc(-n2nc(N3CCNCC3)c(C#N)c2N)c1. The number of nitriles is 1. The highest BCUT2D eigenvalue weighted by Crippen LogP contribution is 2.26. The number of aromatic nitrogens is 3. The van der Waals surface area contributed by atoms with Crippen LogP contribution in [0, 0.1) is 18.3 Å². The zero-order valence-corrected chi connectivity index (χ0v) is 11.9. The summed E-state index contributed by atoms with van der Waals surface area (Å²) in [4.78, 5) is 6.37. The van der Waals surface area contributed by atoms with Crippen molar-refractivity contribution >= 4 is 11.6 Å². The fourth-order valence-electron chi connectivity index (χ4n) is 2.43. The number of aryl methyl sites for hydroxylation is 1. The molecule has 21 heavy (non-hydrogen) atoms. The van der Waals surface area contributed by atoms with E-state index in [9.17, 15) is 5.26 Å². The molecule has 2 aromatic heterocycles. The van der Waals surface area contributed by atoms with Crippen molar-refractivity contribution in [2.45, 2.75) is 6.92 Å². The van der Waals surface area contributed by atoms with E-state index in [0.717, 1.165) is 31.7 Å². The Labute approximate surface area is 123 Å². The molecule has 1 aliphatic rings. The van der Waals surface area contributed by atoms with E-state index in [1.54, 1.807) is 10.9 Å². The maximum atomic E-state index is 9.40. The molecular weight excluding hydrogens is 266 g/mol. The highest BCUT2D eigenvalue weighted by molar-refractivity contribution is 5.66. The van der Waals surface area contributed by atoms with Crippen LogP contribution in [0.5, 0.6) is 0 Å². The Kier molecular flexibility index (Phi) is 3.46. The van der Waals surface area contributed by atoms with Gasteiger partial charge in [-0.05, 0) is 24.6 Å². The second kappa shape index (κ2) is 5.42.